The molecule has 0 radical (unpaired) electrons. The smallest absolute Gasteiger partial charge is 0.118 e. The van der Waals surface area contributed by atoms with Crippen LogP contribution in [0.15, 0.2) is 24.3 Å². The average molecular weight is 289 g/mol. The molecule has 118 valence electrons. The van der Waals surface area contributed by atoms with Crippen molar-refractivity contribution in [2.24, 2.45) is 11.8 Å². The lowest BCUT2D eigenvalue weighted by atomic mass is 9.77. The minimum Gasteiger partial charge on any atom is -0.497 e. The van der Waals surface area contributed by atoms with Crippen molar-refractivity contribution in [2.75, 3.05) is 20.2 Å². The van der Waals surface area contributed by atoms with Crippen molar-refractivity contribution in [3.05, 3.63) is 29.8 Å². The van der Waals surface area contributed by atoms with Gasteiger partial charge in [0, 0.05) is 0 Å². The van der Waals surface area contributed by atoms with E-state index in [0.29, 0.717) is 0 Å². The van der Waals surface area contributed by atoms with Gasteiger partial charge in [-0.05, 0) is 55.5 Å². The fourth-order valence-corrected chi connectivity index (χ4v) is 3.54. The van der Waals surface area contributed by atoms with E-state index in [-0.39, 0.29) is 0 Å². The molecule has 0 saturated heterocycles. The molecule has 2 rings (SSSR count). The Morgan fingerprint density at radius 3 is 2.48 bits per heavy atom. The molecule has 0 bridgehead atoms. The fraction of sp³-hybridized carbons (Fsp3) is 0.684. The standard InChI is InChI=1S/C19H31NO/c1-3-13-20-15-18(17-7-5-4-6-8-17)14-16-9-11-19(21-2)12-10-16/h9-12,17-18,20H,3-8,13-15H2,1-2H3. The molecule has 1 aromatic carbocycles. The van der Waals surface area contributed by atoms with Crippen LogP contribution in [-0.4, -0.2) is 20.2 Å². The van der Waals surface area contributed by atoms with Crippen molar-refractivity contribution >= 4 is 0 Å². The lowest BCUT2D eigenvalue weighted by Crippen LogP contribution is -2.31. The normalized spacial score (nSPS) is 17.6. The summed E-state index contributed by atoms with van der Waals surface area (Å²) >= 11 is 0. The van der Waals surface area contributed by atoms with Gasteiger partial charge in [-0.25, -0.2) is 0 Å². The number of methoxy groups -OCH3 is 1. The summed E-state index contributed by atoms with van der Waals surface area (Å²) in [6.45, 7) is 4.56. The predicted molar refractivity (Wildman–Crippen MR) is 89.9 cm³/mol. The zero-order valence-electron chi connectivity index (χ0n) is 13.7. The number of rotatable bonds is 8. The molecule has 1 fully saturated rings. The van der Waals surface area contributed by atoms with Crippen LogP contribution in [0.3, 0.4) is 0 Å². The van der Waals surface area contributed by atoms with Crippen molar-refractivity contribution in [1.29, 1.82) is 0 Å². The highest BCUT2D eigenvalue weighted by atomic mass is 16.5. The van der Waals surface area contributed by atoms with Gasteiger partial charge in [0.2, 0.25) is 0 Å². The molecule has 21 heavy (non-hydrogen) atoms. The summed E-state index contributed by atoms with van der Waals surface area (Å²) < 4.78 is 5.26. The third-order valence-electron chi connectivity index (χ3n) is 4.81. The van der Waals surface area contributed by atoms with Crippen LogP contribution in [0.2, 0.25) is 0 Å². The molecule has 1 unspecified atom stereocenters. The van der Waals surface area contributed by atoms with Crippen molar-refractivity contribution < 1.29 is 4.74 Å². The van der Waals surface area contributed by atoms with Gasteiger partial charge >= 0.3 is 0 Å². The van der Waals surface area contributed by atoms with Crippen LogP contribution in [0.25, 0.3) is 0 Å². The third kappa shape index (κ3) is 5.35. The Bertz CT molecular complexity index is 381. The zero-order chi connectivity index (χ0) is 14.9. The van der Waals surface area contributed by atoms with E-state index in [2.05, 4.69) is 36.5 Å². The van der Waals surface area contributed by atoms with Gasteiger partial charge in [0.25, 0.3) is 0 Å². The highest BCUT2D eigenvalue weighted by molar-refractivity contribution is 5.27. The number of nitrogens with one attached hydrogen (secondary N) is 1. The topological polar surface area (TPSA) is 21.3 Å². The van der Waals surface area contributed by atoms with Crippen LogP contribution in [0.5, 0.6) is 5.75 Å². The zero-order valence-corrected chi connectivity index (χ0v) is 13.7. The average Bonchev–Trinajstić information content (AvgIpc) is 2.55. The Balaban J connectivity index is 1.95. The molecule has 1 aliphatic carbocycles. The summed E-state index contributed by atoms with van der Waals surface area (Å²) in [5, 5.41) is 3.65. The molecule has 1 atom stereocenters. The Hall–Kier alpha value is -1.02. The SMILES string of the molecule is CCCNCC(Cc1ccc(OC)cc1)C1CCCCC1. The highest BCUT2D eigenvalue weighted by Crippen LogP contribution is 2.32. The van der Waals surface area contributed by atoms with E-state index in [1.165, 1.54) is 57.1 Å². The summed E-state index contributed by atoms with van der Waals surface area (Å²) in [6, 6.07) is 8.64. The first-order valence-corrected chi connectivity index (χ1v) is 8.67. The van der Waals surface area contributed by atoms with E-state index >= 15 is 0 Å². The van der Waals surface area contributed by atoms with Crippen LogP contribution in [0, 0.1) is 11.8 Å². The molecular formula is C19H31NO. The Morgan fingerprint density at radius 2 is 1.86 bits per heavy atom. The molecular weight excluding hydrogens is 258 g/mol. The van der Waals surface area contributed by atoms with Crippen LogP contribution >= 0.6 is 0 Å². The molecule has 1 N–H and O–H groups in total. The molecule has 0 aliphatic heterocycles. The van der Waals surface area contributed by atoms with Crippen LogP contribution < -0.4 is 10.1 Å². The largest absolute Gasteiger partial charge is 0.497 e. The second kappa shape index (κ2) is 9.09. The summed E-state index contributed by atoms with van der Waals surface area (Å²) in [6.07, 6.45) is 9.57. The van der Waals surface area contributed by atoms with E-state index in [1.807, 2.05) is 0 Å². The molecule has 1 saturated carbocycles. The van der Waals surface area contributed by atoms with E-state index < -0.39 is 0 Å². The van der Waals surface area contributed by atoms with E-state index in [9.17, 15) is 0 Å². The molecule has 2 nitrogen and oxygen atoms in total. The minimum atomic E-state index is 0.783. The van der Waals surface area contributed by atoms with E-state index in [1.54, 1.807) is 7.11 Å². The first-order chi connectivity index (χ1) is 10.3. The second-order valence-electron chi connectivity index (χ2n) is 6.41. The van der Waals surface area contributed by atoms with Crippen molar-refractivity contribution in [3.8, 4) is 5.75 Å². The van der Waals surface area contributed by atoms with Crippen LogP contribution in [0.1, 0.15) is 51.0 Å². The van der Waals surface area contributed by atoms with E-state index in [0.717, 1.165) is 24.1 Å². The molecule has 1 aromatic rings. The highest BCUT2D eigenvalue weighted by Gasteiger charge is 2.23. The fourth-order valence-electron chi connectivity index (χ4n) is 3.54. The first-order valence-electron chi connectivity index (χ1n) is 8.67. The second-order valence-corrected chi connectivity index (χ2v) is 6.41. The lowest BCUT2D eigenvalue weighted by Gasteiger charge is -2.31. The predicted octanol–water partition coefficient (Wildman–Crippen LogP) is 4.43. The Labute approximate surface area is 130 Å². The van der Waals surface area contributed by atoms with Gasteiger partial charge in [0.15, 0.2) is 0 Å². The number of ether oxygens (including phenoxy) is 1. The molecule has 0 aromatic heterocycles. The van der Waals surface area contributed by atoms with E-state index in [4.69, 9.17) is 4.74 Å². The maximum absolute atomic E-state index is 5.26. The van der Waals surface area contributed by atoms with Crippen molar-refractivity contribution in [2.45, 2.75) is 51.9 Å². The van der Waals surface area contributed by atoms with Crippen molar-refractivity contribution in [3.63, 3.8) is 0 Å². The first kappa shape index (κ1) is 16.4. The molecule has 0 amide bonds. The summed E-state index contributed by atoms with van der Waals surface area (Å²) in [4.78, 5) is 0. The lowest BCUT2D eigenvalue weighted by molar-refractivity contribution is 0.239. The molecule has 2 heteroatoms. The quantitative estimate of drug-likeness (QED) is 0.715. The van der Waals surface area contributed by atoms with Gasteiger partial charge < -0.3 is 10.1 Å². The molecule has 0 heterocycles. The minimum absolute atomic E-state index is 0.783. The summed E-state index contributed by atoms with van der Waals surface area (Å²) in [7, 11) is 1.73. The summed E-state index contributed by atoms with van der Waals surface area (Å²) in [5.41, 5.74) is 1.45. The van der Waals surface area contributed by atoms with Crippen molar-refractivity contribution in [1.82, 2.24) is 5.32 Å². The maximum atomic E-state index is 5.26. The molecule has 0 spiro atoms. The number of hydrogen-bond donors (Lipinski definition) is 1. The summed E-state index contributed by atoms with van der Waals surface area (Å²) in [5.74, 6) is 2.65. The van der Waals surface area contributed by atoms with Gasteiger partial charge in [-0.3, -0.25) is 0 Å². The number of benzene rings is 1. The van der Waals surface area contributed by atoms with Crippen LogP contribution in [-0.2, 0) is 6.42 Å². The third-order valence-corrected chi connectivity index (χ3v) is 4.81. The van der Waals surface area contributed by atoms with Gasteiger partial charge in [0.1, 0.15) is 5.75 Å². The number of hydrogen-bond acceptors (Lipinski definition) is 2. The Morgan fingerprint density at radius 1 is 1.14 bits per heavy atom. The molecule has 1 aliphatic rings. The van der Waals surface area contributed by atoms with Gasteiger partial charge in [-0.1, -0.05) is 51.2 Å². The van der Waals surface area contributed by atoms with Gasteiger partial charge in [0.05, 0.1) is 7.11 Å². The van der Waals surface area contributed by atoms with Gasteiger partial charge in [-0.2, -0.15) is 0 Å². The maximum Gasteiger partial charge on any atom is 0.118 e. The Kier molecular flexibility index (Phi) is 7.08. The monoisotopic (exact) mass is 289 g/mol. The van der Waals surface area contributed by atoms with Crippen LogP contribution in [0.4, 0.5) is 0 Å². The van der Waals surface area contributed by atoms with Gasteiger partial charge in [-0.15, -0.1) is 0 Å².